The van der Waals surface area contributed by atoms with Crippen LogP contribution in [0.5, 0.6) is 5.75 Å². The Bertz CT molecular complexity index is 404. The molecular formula is C16H26N2O. The third kappa shape index (κ3) is 3.95. The highest BCUT2D eigenvalue weighted by molar-refractivity contribution is 5.39. The van der Waals surface area contributed by atoms with Crippen LogP contribution in [0.3, 0.4) is 0 Å². The van der Waals surface area contributed by atoms with E-state index in [0.717, 1.165) is 25.3 Å². The molecule has 3 heteroatoms. The molecule has 1 atom stereocenters. The monoisotopic (exact) mass is 262 g/mol. The maximum Gasteiger partial charge on any atom is 0.119 e. The number of nitrogens with zero attached hydrogens (tertiary/aromatic N) is 1. The Hall–Kier alpha value is -1.06. The largest absolute Gasteiger partial charge is 0.494 e. The van der Waals surface area contributed by atoms with Crippen molar-refractivity contribution in [3.63, 3.8) is 0 Å². The molecule has 0 aliphatic heterocycles. The number of aryl methyl sites for hydroxylation is 1. The molecule has 1 aliphatic carbocycles. The topological polar surface area (TPSA) is 24.5 Å². The lowest BCUT2D eigenvalue weighted by Crippen LogP contribution is -2.21. The first kappa shape index (κ1) is 14.4. The second kappa shape index (κ2) is 6.92. The Balaban J connectivity index is 1.95. The van der Waals surface area contributed by atoms with Crippen molar-refractivity contribution in [2.75, 3.05) is 34.3 Å². The highest BCUT2D eigenvalue weighted by Gasteiger charge is 2.19. The predicted molar refractivity (Wildman–Crippen MR) is 79.8 cm³/mol. The van der Waals surface area contributed by atoms with Gasteiger partial charge in [0, 0.05) is 12.6 Å². The summed E-state index contributed by atoms with van der Waals surface area (Å²) >= 11 is 0. The lowest BCUT2D eigenvalue weighted by molar-refractivity contribution is 0.281. The van der Waals surface area contributed by atoms with E-state index in [2.05, 4.69) is 42.5 Å². The molecule has 0 radical (unpaired) electrons. The molecule has 0 aromatic heterocycles. The van der Waals surface area contributed by atoms with Gasteiger partial charge in [0.15, 0.2) is 0 Å². The Morgan fingerprint density at radius 2 is 2.21 bits per heavy atom. The van der Waals surface area contributed by atoms with Crippen molar-refractivity contribution in [2.24, 2.45) is 0 Å². The predicted octanol–water partition coefficient (Wildman–Crippen LogP) is 2.61. The fourth-order valence-electron chi connectivity index (χ4n) is 2.74. The second-order valence-electron chi connectivity index (χ2n) is 5.60. The second-order valence-corrected chi connectivity index (χ2v) is 5.60. The van der Waals surface area contributed by atoms with Crippen LogP contribution in [0, 0.1) is 0 Å². The quantitative estimate of drug-likeness (QED) is 0.798. The van der Waals surface area contributed by atoms with Crippen molar-refractivity contribution in [2.45, 2.75) is 31.7 Å². The van der Waals surface area contributed by atoms with Gasteiger partial charge >= 0.3 is 0 Å². The van der Waals surface area contributed by atoms with Crippen LogP contribution in [-0.2, 0) is 6.42 Å². The van der Waals surface area contributed by atoms with Crippen molar-refractivity contribution in [1.29, 1.82) is 0 Å². The molecule has 0 saturated carbocycles. The molecule has 2 rings (SSSR count). The molecule has 3 nitrogen and oxygen atoms in total. The molecule has 19 heavy (non-hydrogen) atoms. The van der Waals surface area contributed by atoms with E-state index >= 15 is 0 Å². The van der Waals surface area contributed by atoms with Gasteiger partial charge in [-0.1, -0.05) is 6.07 Å². The van der Waals surface area contributed by atoms with E-state index in [9.17, 15) is 0 Å². The smallest absolute Gasteiger partial charge is 0.119 e. The van der Waals surface area contributed by atoms with Gasteiger partial charge in [-0.25, -0.2) is 0 Å². The number of fused-ring (bicyclic) bond motifs is 1. The lowest BCUT2D eigenvalue weighted by Gasteiger charge is -2.25. The summed E-state index contributed by atoms with van der Waals surface area (Å²) in [5.74, 6) is 1.01. The third-order valence-corrected chi connectivity index (χ3v) is 3.80. The van der Waals surface area contributed by atoms with Crippen LogP contribution in [0.2, 0.25) is 0 Å². The van der Waals surface area contributed by atoms with Gasteiger partial charge in [0.05, 0.1) is 6.61 Å². The SMILES string of the molecule is CNC1CCCc2ccc(OCCCN(C)C)cc21. The number of hydrogen-bond donors (Lipinski definition) is 1. The van der Waals surface area contributed by atoms with E-state index in [1.807, 2.05) is 7.05 Å². The van der Waals surface area contributed by atoms with E-state index in [1.165, 1.54) is 30.4 Å². The van der Waals surface area contributed by atoms with E-state index in [-0.39, 0.29) is 0 Å². The molecule has 0 heterocycles. The van der Waals surface area contributed by atoms with Gasteiger partial charge in [-0.3, -0.25) is 0 Å². The minimum Gasteiger partial charge on any atom is -0.494 e. The van der Waals surface area contributed by atoms with Crippen LogP contribution in [0.25, 0.3) is 0 Å². The highest BCUT2D eigenvalue weighted by Crippen LogP contribution is 2.32. The van der Waals surface area contributed by atoms with Gasteiger partial charge in [0.25, 0.3) is 0 Å². The minimum atomic E-state index is 0.495. The third-order valence-electron chi connectivity index (χ3n) is 3.80. The zero-order valence-corrected chi connectivity index (χ0v) is 12.4. The summed E-state index contributed by atoms with van der Waals surface area (Å²) in [6.45, 7) is 1.87. The summed E-state index contributed by atoms with van der Waals surface area (Å²) in [6, 6.07) is 7.08. The zero-order chi connectivity index (χ0) is 13.7. The molecule has 1 unspecified atom stereocenters. The summed E-state index contributed by atoms with van der Waals surface area (Å²) in [5.41, 5.74) is 2.91. The molecule has 1 aliphatic rings. The Labute approximate surface area is 116 Å². The molecule has 1 aromatic rings. The van der Waals surface area contributed by atoms with E-state index in [0.29, 0.717) is 6.04 Å². The average Bonchev–Trinajstić information content (AvgIpc) is 2.42. The summed E-state index contributed by atoms with van der Waals surface area (Å²) in [4.78, 5) is 2.19. The van der Waals surface area contributed by atoms with E-state index in [4.69, 9.17) is 4.74 Å². The standard InChI is InChI=1S/C16H26N2O/c1-17-16-7-4-6-13-8-9-14(12-15(13)16)19-11-5-10-18(2)3/h8-9,12,16-17H,4-7,10-11H2,1-3H3. The van der Waals surface area contributed by atoms with E-state index in [1.54, 1.807) is 0 Å². The summed E-state index contributed by atoms with van der Waals surface area (Å²) in [5, 5.41) is 3.41. The molecular weight excluding hydrogens is 236 g/mol. The van der Waals surface area contributed by atoms with Crippen LogP contribution in [0.4, 0.5) is 0 Å². The fraction of sp³-hybridized carbons (Fsp3) is 0.625. The Morgan fingerprint density at radius 1 is 1.37 bits per heavy atom. The number of ether oxygens (including phenoxy) is 1. The number of hydrogen-bond acceptors (Lipinski definition) is 3. The number of benzene rings is 1. The first-order valence-corrected chi connectivity index (χ1v) is 7.28. The molecule has 0 fully saturated rings. The van der Waals surface area contributed by atoms with Crippen LogP contribution in [0.15, 0.2) is 18.2 Å². The van der Waals surface area contributed by atoms with E-state index < -0.39 is 0 Å². The van der Waals surface area contributed by atoms with Crippen LogP contribution >= 0.6 is 0 Å². The van der Waals surface area contributed by atoms with Crippen molar-refractivity contribution >= 4 is 0 Å². The first-order valence-electron chi connectivity index (χ1n) is 7.28. The molecule has 0 saturated heterocycles. The van der Waals surface area contributed by atoms with Crippen LogP contribution in [-0.4, -0.2) is 39.2 Å². The maximum absolute atomic E-state index is 5.86. The zero-order valence-electron chi connectivity index (χ0n) is 12.4. The number of nitrogens with one attached hydrogen (secondary N) is 1. The Morgan fingerprint density at radius 3 is 2.95 bits per heavy atom. The number of rotatable bonds is 6. The van der Waals surface area contributed by atoms with Crippen molar-refractivity contribution in [1.82, 2.24) is 10.2 Å². The van der Waals surface area contributed by atoms with Crippen LogP contribution in [0.1, 0.15) is 36.4 Å². The Kier molecular flexibility index (Phi) is 5.23. The van der Waals surface area contributed by atoms with Crippen molar-refractivity contribution in [3.8, 4) is 5.75 Å². The molecule has 0 amide bonds. The van der Waals surface area contributed by atoms with Gasteiger partial charge in [-0.15, -0.1) is 0 Å². The lowest BCUT2D eigenvalue weighted by atomic mass is 9.87. The molecule has 1 N–H and O–H groups in total. The molecule has 106 valence electrons. The van der Waals surface area contributed by atoms with Gasteiger partial charge in [-0.2, -0.15) is 0 Å². The van der Waals surface area contributed by atoms with Gasteiger partial charge in [-0.05, 0) is 70.1 Å². The minimum absolute atomic E-state index is 0.495. The highest BCUT2D eigenvalue weighted by atomic mass is 16.5. The van der Waals surface area contributed by atoms with Crippen molar-refractivity contribution in [3.05, 3.63) is 29.3 Å². The molecule has 0 bridgehead atoms. The molecule has 0 spiro atoms. The summed E-state index contributed by atoms with van der Waals surface area (Å²) in [7, 11) is 6.23. The normalized spacial score (nSPS) is 18.4. The maximum atomic E-state index is 5.86. The van der Waals surface area contributed by atoms with Gasteiger partial charge in [0.2, 0.25) is 0 Å². The molecule has 1 aromatic carbocycles. The first-order chi connectivity index (χ1) is 9.20. The average molecular weight is 262 g/mol. The summed E-state index contributed by atoms with van der Waals surface area (Å²) < 4.78 is 5.86. The van der Waals surface area contributed by atoms with Crippen LogP contribution < -0.4 is 10.1 Å². The fourth-order valence-corrected chi connectivity index (χ4v) is 2.74. The van der Waals surface area contributed by atoms with Gasteiger partial charge < -0.3 is 15.0 Å². The summed E-state index contributed by atoms with van der Waals surface area (Å²) in [6.07, 6.45) is 4.78. The van der Waals surface area contributed by atoms with Gasteiger partial charge in [0.1, 0.15) is 5.75 Å². The van der Waals surface area contributed by atoms with Crippen molar-refractivity contribution < 1.29 is 4.74 Å².